The standard InChI is InChI=1S/C8H12F3N3/c1-3-4-5-6-7(8(9,10)11)12-13-14(6)2/h3-5H2,1-2H3. The first-order valence-electron chi connectivity index (χ1n) is 4.42. The molecule has 1 aromatic rings. The van der Waals surface area contributed by atoms with E-state index in [1.807, 2.05) is 6.92 Å². The van der Waals surface area contributed by atoms with Crippen molar-refractivity contribution in [3.63, 3.8) is 0 Å². The molecule has 1 aromatic heterocycles. The van der Waals surface area contributed by atoms with Crippen LogP contribution < -0.4 is 0 Å². The van der Waals surface area contributed by atoms with E-state index < -0.39 is 11.9 Å². The first-order valence-corrected chi connectivity index (χ1v) is 4.42. The Labute approximate surface area is 79.9 Å². The lowest BCUT2D eigenvalue weighted by atomic mass is 10.1. The van der Waals surface area contributed by atoms with Crippen molar-refractivity contribution in [1.29, 1.82) is 0 Å². The lowest BCUT2D eigenvalue weighted by Crippen LogP contribution is -2.10. The monoisotopic (exact) mass is 207 g/mol. The Bertz CT molecular complexity index is 303. The molecule has 0 N–H and O–H groups in total. The van der Waals surface area contributed by atoms with E-state index in [4.69, 9.17) is 0 Å². The van der Waals surface area contributed by atoms with Crippen molar-refractivity contribution in [3.05, 3.63) is 11.4 Å². The van der Waals surface area contributed by atoms with Crippen LogP contribution in [-0.4, -0.2) is 15.0 Å². The molecule has 3 nitrogen and oxygen atoms in total. The number of hydrogen-bond acceptors (Lipinski definition) is 2. The minimum absolute atomic E-state index is 0.166. The number of unbranched alkanes of at least 4 members (excludes halogenated alkanes) is 1. The number of hydrogen-bond donors (Lipinski definition) is 0. The van der Waals surface area contributed by atoms with Crippen molar-refractivity contribution in [2.75, 3.05) is 0 Å². The summed E-state index contributed by atoms with van der Waals surface area (Å²) in [6.45, 7) is 1.93. The lowest BCUT2D eigenvalue weighted by Gasteiger charge is -2.06. The highest BCUT2D eigenvalue weighted by Crippen LogP contribution is 2.30. The zero-order valence-electron chi connectivity index (χ0n) is 8.10. The van der Waals surface area contributed by atoms with Crippen LogP contribution in [0.25, 0.3) is 0 Å². The van der Waals surface area contributed by atoms with E-state index in [0.717, 1.165) is 6.42 Å². The lowest BCUT2D eigenvalue weighted by molar-refractivity contribution is -0.141. The van der Waals surface area contributed by atoms with Crippen molar-refractivity contribution in [3.8, 4) is 0 Å². The van der Waals surface area contributed by atoms with Gasteiger partial charge in [-0.25, -0.2) is 0 Å². The summed E-state index contributed by atoms with van der Waals surface area (Å²) in [6, 6.07) is 0. The van der Waals surface area contributed by atoms with E-state index in [9.17, 15) is 13.2 Å². The van der Waals surface area contributed by atoms with Crippen LogP contribution in [0.5, 0.6) is 0 Å². The first kappa shape index (κ1) is 11.0. The predicted octanol–water partition coefficient (Wildman–Crippen LogP) is 2.18. The van der Waals surface area contributed by atoms with Crippen molar-refractivity contribution in [2.45, 2.75) is 32.4 Å². The smallest absolute Gasteiger partial charge is 0.252 e. The average molecular weight is 207 g/mol. The SMILES string of the molecule is CCCCc1c(C(F)(F)F)nnn1C. The zero-order valence-corrected chi connectivity index (χ0v) is 8.10. The Morgan fingerprint density at radius 1 is 1.36 bits per heavy atom. The van der Waals surface area contributed by atoms with Crippen molar-refractivity contribution in [1.82, 2.24) is 15.0 Å². The van der Waals surface area contributed by atoms with E-state index >= 15 is 0 Å². The molecule has 0 atom stereocenters. The minimum atomic E-state index is -4.39. The number of nitrogens with zero attached hydrogens (tertiary/aromatic N) is 3. The number of aryl methyl sites for hydroxylation is 1. The maximum Gasteiger partial charge on any atom is 0.437 e. The summed E-state index contributed by atoms with van der Waals surface area (Å²) >= 11 is 0. The van der Waals surface area contributed by atoms with Gasteiger partial charge in [0.05, 0.1) is 5.69 Å². The molecule has 0 spiro atoms. The Balaban J connectivity index is 2.94. The fourth-order valence-corrected chi connectivity index (χ4v) is 1.22. The second-order valence-corrected chi connectivity index (χ2v) is 3.11. The number of rotatable bonds is 3. The second kappa shape index (κ2) is 3.98. The van der Waals surface area contributed by atoms with E-state index in [2.05, 4.69) is 10.3 Å². The molecule has 0 aliphatic carbocycles. The van der Waals surface area contributed by atoms with Crippen LogP contribution in [0.1, 0.15) is 31.2 Å². The number of alkyl halides is 3. The van der Waals surface area contributed by atoms with Gasteiger partial charge in [0.15, 0.2) is 5.69 Å². The van der Waals surface area contributed by atoms with Gasteiger partial charge in [0.1, 0.15) is 0 Å². The van der Waals surface area contributed by atoms with Crippen LogP contribution in [-0.2, 0) is 19.6 Å². The van der Waals surface area contributed by atoms with Gasteiger partial charge in [-0.1, -0.05) is 18.6 Å². The summed E-state index contributed by atoms with van der Waals surface area (Å²) < 4.78 is 38.3. The van der Waals surface area contributed by atoms with Gasteiger partial charge in [-0.15, -0.1) is 5.10 Å². The molecule has 6 heteroatoms. The molecule has 0 bridgehead atoms. The zero-order chi connectivity index (χ0) is 10.8. The van der Waals surface area contributed by atoms with Gasteiger partial charge in [-0.3, -0.25) is 4.68 Å². The third kappa shape index (κ3) is 2.24. The summed E-state index contributed by atoms with van der Waals surface area (Å²) in [5.41, 5.74) is -0.687. The van der Waals surface area contributed by atoms with Crippen LogP contribution in [0.2, 0.25) is 0 Å². The Kier molecular flexibility index (Phi) is 3.13. The van der Waals surface area contributed by atoms with Crippen LogP contribution >= 0.6 is 0 Å². The van der Waals surface area contributed by atoms with Crippen LogP contribution in [0.4, 0.5) is 13.2 Å². The maximum atomic E-state index is 12.4. The van der Waals surface area contributed by atoms with Gasteiger partial charge >= 0.3 is 6.18 Å². The van der Waals surface area contributed by atoms with Crippen LogP contribution in [0.3, 0.4) is 0 Å². The molecule has 0 saturated carbocycles. The average Bonchev–Trinajstić information content (AvgIpc) is 2.42. The van der Waals surface area contributed by atoms with E-state index in [1.54, 1.807) is 0 Å². The number of halogens is 3. The molecule has 0 aliphatic heterocycles. The van der Waals surface area contributed by atoms with Crippen LogP contribution in [0, 0.1) is 0 Å². The topological polar surface area (TPSA) is 30.7 Å². The normalized spacial score (nSPS) is 12.1. The summed E-state index contributed by atoms with van der Waals surface area (Å²) in [7, 11) is 1.48. The quantitative estimate of drug-likeness (QED) is 0.760. The molecule has 0 amide bonds. The third-order valence-electron chi connectivity index (χ3n) is 1.98. The van der Waals surface area contributed by atoms with Gasteiger partial charge in [0.2, 0.25) is 0 Å². The molecule has 0 saturated heterocycles. The molecule has 0 unspecified atom stereocenters. The molecule has 14 heavy (non-hydrogen) atoms. The van der Waals surface area contributed by atoms with Gasteiger partial charge in [-0.2, -0.15) is 13.2 Å². The van der Waals surface area contributed by atoms with Gasteiger partial charge in [0, 0.05) is 7.05 Å². The van der Waals surface area contributed by atoms with Gasteiger partial charge in [0.25, 0.3) is 0 Å². The summed E-state index contributed by atoms with van der Waals surface area (Å²) in [4.78, 5) is 0. The fraction of sp³-hybridized carbons (Fsp3) is 0.750. The van der Waals surface area contributed by atoms with Crippen molar-refractivity contribution >= 4 is 0 Å². The molecule has 1 rings (SSSR count). The van der Waals surface area contributed by atoms with E-state index in [-0.39, 0.29) is 5.69 Å². The Morgan fingerprint density at radius 3 is 2.50 bits per heavy atom. The highest BCUT2D eigenvalue weighted by Gasteiger charge is 2.37. The molecular formula is C8H12F3N3. The highest BCUT2D eigenvalue weighted by atomic mass is 19.4. The van der Waals surface area contributed by atoms with Gasteiger partial charge in [-0.05, 0) is 12.8 Å². The van der Waals surface area contributed by atoms with E-state index in [0.29, 0.717) is 12.8 Å². The summed E-state index contributed by atoms with van der Waals surface area (Å²) in [5.74, 6) is 0. The first-order chi connectivity index (χ1) is 6.46. The summed E-state index contributed by atoms with van der Waals surface area (Å²) in [6.07, 6.45) is -2.46. The van der Waals surface area contributed by atoms with E-state index in [1.165, 1.54) is 11.7 Å². The molecule has 0 fully saturated rings. The fourth-order valence-electron chi connectivity index (χ4n) is 1.22. The Hall–Kier alpha value is -1.07. The molecule has 80 valence electrons. The third-order valence-corrected chi connectivity index (χ3v) is 1.98. The maximum absolute atomic E-state index is 12.4. The van der Waals surface area contributed by atoms with Crippen molar-refractivity contribution in [2.24, 2.45) is 7.05 Å². The van der Waals surface area contributed by atoms with Crippen LogP contribution in [0.15, 0.2) is 0 Å². The van der Waals surface area contributed by atoms with Gasteiger partial charge < -0.3 is 0 Å². The Morgan fingerprint density at radius 2 is 2.00 bits per heavy atom. The molecule has 0 radical (unpaired) electrons. The van der Waals surface area contributed by atoms with Crippen molar-refractivity contribution < 1.29 is 13.2 Å². The number of aromatic nitrogens is 3. The second-order valence-electron chi connectivity index (χ2n) is 3.11. The molecule has 0 aliphatic rings. The largest absolute Gasteiger partial charge is 0.437 e. The summed E-state index contributed by atoms with van der Waals surface area (Å²) in [5, 5.41) is 6.51. The molecule has 1 heterocycles. The molecule has 0 aromatic carbocycles. The predicted molar refractivity (Wildman–Crippen MR) is 44.6 cm³/mol. The molecular weight excluding hydrogens is 195 g/mol. The minimum Gasteiger partial charge on any atom is -0.252 e. The highest BCUT2D eigenvalue weighted by molar-refractivity contribution is 5.13.